The third kappa shape index (κ3) is 4.85. The van der Waals surface area contributed by atoms with Crippen LogP contribution in [0, 0.1) is 0 Å². The van der Waals surface area contributed by atoms with Gasteiger partial charge < -0.3 is 33.7 Å². The summed E-state index contributed by atoms with van der Waals surface area (Å²) in [6, 6.07) is 18.5. The first-order chi connectivity index (χ1) is 18.5. The van der Waals surface area contributed by atoms with Crippen molar-refractivity contribution in [2.75, 3.05) is 64.8 Å². The van der Waals surface area contributed by atoms with E-state index in [4.69, 9.17) is 33.8 Å². The molecule has 1 unspecified atom stereocenters. The average Bonchev–Trinajstić information content (AvgIpc) is 3.09. The highest BCUT2D eigenvalue weighted by molar-refractivity contribution is 6.00. The molecule has 3 aromatic rings. The number of aliphatic hydroxyl groups excluding tert-OH is 1. The quantitative estimate of drug-likeness (QED) is 0.353. The molecule has 0 bridgehead atoms. The van der Waals surface area contributed by atoms with Gasteiger partial charge in [0.05, 0.1) is 57.9 Å². The maximum absolute atomic E-state index is 8.66. The van der Waals surface area contributed by atoms with Crippen LogP contribution in [0.3, 0.4) is 0 Å². The summed E-state index contributed by atoms with van der Waals surface area (Å²) in [5, 5.41) is 10.7. The van der Waals surface area contributed by atoms with Crippen molar-refractivity contribution in [2.45, 2.75) is 25.0 Å². The number of aliphatic imine (C=N–C) groups is 1. The number of nitrogens with zero attached hydrogens (tertiary/aromatic N) is 2. The van der Waals surface area contributed by atoms with Crippen LogP contribution in [-0.2, 0) is 19.6 Å². The Kier molecular flexibility index (Phi) is 7.85. The zero-order valence-electron chi connectivity index (χ0n) is 22.3. The molecule has 0 aromatic heterocycles. The lowest BCUT2D eigenvalue weighted by molar-refractivity contribution is 0.00361. The van der Waals surface area contributed by atoms with Gasteiger partial charge in [-0.3, -0.25) is 4.99 Å². The van der Waals surface area contributed by atoms with Gasteiger partial charge in [0, 0.05) is 18.1 Å². The number of anilines is 1. The van der Waals surface area contributed by atoms with E-state index in [2.05, 4.69) is 56.1 Å². The number of benzene rings is 3. The lowest BCUT2D eigenvalue weighted by Crippen LogP contribution is -2.61. The molecule has 5 rings (SSSR count). The summed E-state index contributed by atoms with van der Waals surface area (Å²) < 4.78 is 28.9. The minimum absolute atomic E-state index is 0.0235. The predicted octanol–water partition coefficient (Wildman–Crippen LogP) is 4.48. The Hall–Kier alpha value is -3.17. The molecule has 0 fully saturated rings. The molecule has 0 saturated heterocycles. The highest BCUT2D eigenvalue weighted by atomic mass is 16.6. The summed E-state index contributed by atoms with van der Waals surface area (Å²) in [5.41, 5.74) is 2.21. The minimum Gasteiger partial charge on any atom is -0.491 e. The van der Waals surface area contributed by atoms with Crippen LogP contribution >= 0.6 is 0 Å². The van der Waals surface area contributed by atoms with Gasteiger partial charge >= 0.3 is 0 Å². The molecular formula is C30H36N2O6. The topological polar surface area (TPSA) is 82.0 Å². The monoisotopic (exact) mass is 520 g/mol. The SMILES string of the molecule is CN1c2ccccc2C(C)(C)C12C=Nc1c(ccc3ccc(OCCOCCOCCOCCO)cc13)O2. The van der Waals surface area contributed by atoms with E-state index in [9.17, 15) is 0 Å². The van der Waals surface area contributed by atoms with E-state index in [0.29, 0.717) is 46.2 Å². The highest BCUT2D eigenvalue weighted by Gasteiger charge is 2.58. The van der Waals surface area contributed by atoms with Crippen LogP contribution in [0.15, 0.2) is 59.6 Å². The molecule has 0 amide bonds. The van der Waals surface area contributed by atoms with Crippen LogP contribution in [0.25, 0.3) is 10.8 Å². The van der Waals surface area contributed by atoms with Crippen LogP contribution < -0.4 is 14.4 Å². The fourth-order valence-corrected chi connectivity index (χ4v) is 5.27. The van der Waals surface area contributed by atoms with Gasteiger partial charge in [-0.25, -0.2) is 0 Å². The minimum atomic E-state index is -0.709. The van der Waals surface area contributed by atoms with Crippen molar-refractivity contribution in [1.29, 1.82) is 0 Å². The van der Waals surface area contributed by atoms with Crippen LogP contribution in [0.2, 0.25) is 0 Å². The lowest BCUT2D eigenvalue weighted by Gasteiger charge is -2.45. The number of ether oxygens (including phenoxy) is 5. The fourth-order valence-electron chi connectivity index (χ4n) is 5.27. The van der Waals surface area contributed by atoms with Gasteiger partial charge in [0.15, 0.2) is 0 Å². The number of rotatable bonds is 12. The van der Waals surface area contributed by atoms with Gasteiger partial charge in [-0.05, 0) is 49.1 Å². The maximum Gasteiger partial charge on any atom is 0.228 e. The highest BCUT2D eigenvalue weighted by Crippen LogP contribution is 2.54. The molecule has 1 spiro atoms. The summed E-state index contributed by atoms with van der Waals surface area (Å²) in [4.78, 5) is 7.17. The summed E-state index contributed by atoms with van der Waals surface area (Å²) in [6.45, 7) is 7.58. The number of fused-ring (bicyclic) bond motifs is 4. The Bertz CT molecular complexity index is 1290. The van der Waals surface area contributed by atoms with Gasteiger partial charge in [0.2, 0.25) is 5.72 Å². The van der Waals surface area contributed by atoms with Crippen molar-refractivity contribution in [3.05, 3.63) is 60.2 Å². The molecule has 0 aliphatic carbocycles. The zero-order chi connectivity index (χ0) is 26.6. The van der Waals surface area contributed by atoms with Crippen molar-refractivity contribution in [3.8, 4) is 11.5 Å². The Morgan fingerprint density at radius 2 is 1.55 bits per heavy atom. The molecule has 8 heteroatoms. The Morgan fingerprint density at radius 3 is 2.29 bits per heavy atom. The molecule has 2 aliphatic heterocycles. The molecule has 3 aromatic carbocycles. The number of hydrogen-bond donors (Lipinski definition) is 1. The molecule has 2 aliphatic rings. The summed E-state index contributed by atoms with van der Waals surface area (Å²) in [5.74, 6) is 1.52. The number of likely N-dealkylation sites (N-methyl/N-ethyl adjacent to an activating group) is 1. The van der Waals surface area contributed by atoms with Crippen molar-refractivity contribution in [1.82, 2.24) is 0 Å². The van der Waals surface area contributed by atoms with E-state index < -0.39 is 5.72 Å². The van der Waals surface area contributed by atoms with E-state index in [1.807, 2.05) is 30.5 Å². The molecule has 202 valence electrons. The summed E-state index contributed by atoms with van der Waals surface area (Å²) >= 11 is 0. The van der Waals surface area contributed by atoms with Crippen LogP contribution in [0.1, 0.15) is 19.4 Å². The van der Waals surface area contributed by atoms with Gasteiger partial charge in [-0.2, -0.15) is 0 Å². The van der Waals surface area contributed by atoms with Crippen LogP contribution in [-0.4, -0.2) is 76.9 Å². The van der Waals surface area contributed by atoms with Crippen molar-refractivity contribution in [3.63, 3.8) is 0 Å². The molecule has 1 atom stereocenters. The first-order valence-electron chi connectivity index (χ1n) is 13.1. The lowest BCUT2D eigenvalue weighted by atomic mass is 9.77. The average molecular weight is 521 g/mol. The second-order valence-electron chi connectivity index (χ2n) is 9.96. The number of hydrogen-bond acceptors (Lipinski definition) is 8. The maximum atomic E-state index is 8.66. The second kappa shape index (κ2) is 11.3. The molecule has 2 heterocycles. The fraction of sp³-hybridized carbons (Fsp3) is 0.433. The van der Waals surface area contributed by atoms with Gasteiger partial charge in [-0.15, -0.1) is 0 Å². The first kappa shape index (κ1) is 26.4. The van der Waals surface area contributed by atoms with Crippen LogP contribution in [0.5, 0.6) is 11.5 Å². The number of para-hydroxylation sites is 1. The standard InChI is InChI=1S/C30H36N2O6/c1-29(2)25-6-4-5-7-26(25)32(3)30(29)21-31-28-24-20-23(10-8-22(24)9-11-27(28)38-30)37-19-18-36-17-16-35-15-14-34-13-12-33/h4-11,20-21,33H,12-19H2,1-3H3. The summed E-state index contributed by atoms with van der Waals surface area (Å²) in [7, 11) is 2.07. The van der Waals surface area contributed by atoms with Crippen molar-refractivity contribution >= 4 is 28.4 Å². The molecule has 0 saturated carbocycles. The summed E-state index contributed by atoms with van der Waals surface area (Å²) in [6.07, 6.45) is 1.96. The molecular weight excluding hydrogens is 484 g/mol. The largest absolute Gasteiger partial charge is 0.491 e. The van der Waals surface area contributed by atoms with Crippen molar-refractivity contribution < 1.29 is 28.8 Å². The van der Waals surface area contributed by atoms with E-state index in [1.165, 1.54) is 5.56 Å². The molecule has 8 nitrogen and oxygen atoms in total. The third-order valence-corrected chi connectivity index (χ3v) is 7.37. The van der Waals surface area contributed by atoms with E-state index in [0.717, 1.165) is 33.6 Å². The normalized spacial score (nSPS) is 19.0. The van der Waals surface area contributed by atoms with E-state index in [-0.39, 0.29) is 12.0 Å². The van der Waals surface area contributed by atoms with Gasteiger partial charge in [0.25, 0.3) is 0 Å². The van der Waals surface area contributed by atoms with E-state index in [1.54, 1.807) is 0 Å². The van der Waals surface area contributed by atoms with Crippen LogP contribution in [0.4, 0.5) is 11.4 Å². The molecule has 38 heavy (non-hydrogen) atoms. The Morgan fingerprint density at radius 1 is 0.868 bits per heavy atom. The zero-order valence-corrected chi connectivity index (χ0v) is 22.3. The van der Waals surface area contributed by atoms with Gasteiger partial charge in [0.1, 0.15) is 23.8 Å². The Labute approximate surface area is 223 Å². The molecule has 1 N–H and O–H groups in total. The number of aliphatic hydroxyl groups is 1. The third-order valence-electron chi connectivity index (χ3n) is 7.37. The van der Waals surface area contributed by atoms with E-state index >= 15 is 0 Å². The Balaban J connectivity index is 1.21. The predicted molar refractivity (Wildman–Crippen MR) is 148 cm³/mol. The second-order valence-corrected chi connectivity index (χ2v) is 9.96. The first-order valence-corrected chi connectivity index (χ1v) is 13.1. The van der Waals surface area contributed by atoms with Gasteiger partial charge in [-0.1, -0.05) is 30.3 Å². The van der Waals surface area contributed by atoms with Crippen molar-refractivity contribution in [2.24, 2.45) is 4.99 Å². The molecule has 0 radical (unpaired) electrons. The smallest absolute Gasteiger partial charge is 0.228 e.